The molecule has 0 aromatic heterocycles. The molecule has 0 amide bonds. The minimum atomic E-state index is 0.286. The highest BCUT2D eigenvalue weighted by atomic mass is 16.3. The van der Waals surface area contributed by atoms with E-state index >= 15 is 0 Å². The molecular weight excluding hydrogens is 320 g/mol. The van der Waals surface area contributed by atoms with E-state index in [4.69, 9.17) is 0 Å². The first kappa shape index (κ1) is 18.1. The molecular formula is C24H26O2. The molecule has 2 nitrogen and oxygen atoms in total. The number of phenols is 2. The lowest BCUT2D eigenvalue weighted by Crippen LogP contribution is -2.01. The SMILES string of the molecule is CCCCCC(c1ccc(O)cc1)c1ccc(-c2ccc(O)cc2)cc1. The van der Waals surface area contributed by atoms with Crippen molar-refractivity contribution in [1.82, 2.24) is 0 Å². The molecule has 0 aliphatic rings. The Kier molecular flexibility index (Phi) is 5.96. The molecule has 0 heterocycles. The van der Waals surface area contributed by atoms with E-state index in [1.54, 1.807) is 24.3 Å². The van der Waals surface area contributed by atoms with E-state index in [2.05, 4.69) is 31.2 Å². The van der Waals surface area contributed by atoms with Crippen LogP contribution in [0.25, 0.3) is 11.1 Å². The zero-order valence-corrected chi connectivity index (χ0v) is 15.2. The fraction of sp³-hybridized carbons (Fsp3) is 0.250. The Hall–Kier alpha value is -2.74. The molecule has 0 saturated carbocycles. The monoisotopic (exact) mass is 346 g/mol. The van der Waals surface area contributed by atoms with Crippen molar-refractivity contribution >= 4 is 0 Å². The maximum atomic E-state index is 9.59. The van der Waals surface area contributed by atoms with Crippen molar-refractivity contribution in [2.45, 2.75) is 38.5 Å². The van der Waals surface area contributed by atoms with E-state index in [1.165, 1.54) is 30.4 Å². The van der Waals surface area contributed by atoms with Gasteiger partial charge >= 0.3 is 0 Å². The highest BCUT2D eigenvalue weighted by Gasteiger charge is 2.14. The minimum absolute atomic E-state index is 0.286. The third-order valence-corrected chi connectivity index (χ3v) is 4.91. The van der Waals surface area contributed by atoms with E-state index < -0.39 is 0 Å². The molecule has 3 aromatic carbocycles. The van der Waals surface area contributed by atoms with E-state index in [0.717, 1.165) is 17.5 Å². The van der Waals surface area contributed by atoms with Crippen LogP contribution in [0.1, 0.15) is 49.7 Å². The van der Waals surface area contributed by atoms with Crippen LogP contribution < -0.4 is 0 Å². The summed E-state index contributed by atoms with van der Waals surface area (Å²) in [4.78, 5) is 0. The molecule has 0 aliphatic heterocycles. The number of unbranched alkanes of at least 4 members (excludes halogenated alkanes) is 2. The summed E-state index contributed by atoms with van der Waals surface area (Å²) in [6.07, 6.45) is 4.75. The normalized spacial score (nSPS) is 12.0. The molecule has 26 heavy (non-hydrogen) atoms. The van der Waals surface area contributed by atoms with Gasteiger partial charge in [0.2, 0.25) is 0 Å². The average Bonchev–Trinajstić information content (AvgIpc) is 2.67. The van der Waals surface area contributed by atoms with Crippen molar-refractivity contribution in [2.24, 2.45) is 0 Å². The van der Waals surface area contributed by atoms with E-state index in [9.17, 15) is 10.2 Å². The van der Waals surface area contributed by atoms with Crippen LogP contribution in [0, 0.1) is 0 Å². The quantitative estimate of drug-likeness (QED) is 0.481. The number of rotatable bonds is 7. The second-order valence-corrected chi connectivity index (χ2v) is 6.81. The predicted octanol–water partition coefficient (Wildman–Crippen LogP) is 6.48. The van der Waals surface area contributed by atoms with Crippen LogP contribution >= 0.6 is 0 Å². The van der Waals surface area contributed by atoms with Crippen LogP contribution in [-0.4, -0.2) is 10.2 Å². The third kappa shape index (κ3) is 4.45. The smallest absolute Gasteiger partial charge is 0.115 e. The first-order valence-corrected chi connectivity index (χ1v) is 9.35. The number of hydrogen-bond donors (Lipinski definition) is 2. The van der Waals surface area contributed by atoms with Crippen LogP contribution in [0.3, 0.4) is 0 Å². The lowest BCUT2D eigenvalue weighted by atomic mass is 9.86. The fourth-order valence-corrected chi connectivity index (χ4v) is 3.39. The predicted molar refractivity (Wildman–Crippen MR) is 108 cm³/mol. The molecule has 0 radical (unpaired) electrons. The second kappa shape index (κ2) is 8.57. The van der Waals surface area contributed by atoms with Crippen LogP contribution in [0.2, 0.25) is 0 Å². The number of hydrogen-bond acceptors (Lipinski definition) is 2. The van der Waals surface area contributed by atoms with Gasteiger partial charge in [0.05, 0.1) is 0 Å². The lowest BCUT2D eigenvalue weighted by molar-refractivity contribution is 0.474. The molecule has 0 fully saturated rings. The standard InChI is InChI=1S/C24H26O2/c1-2-3-4-5-24(21-12-16-23(26)17-13-21)20-8-6-18(7-9-20)19-10-14-22(25)15-11-19/h6-17,24-26H,2-5H2,1H3. The molecule has 134 valence electrons. The summed E-state index contributed by atoms with van der Waals surface area (Å²) in [6, 6.07) is 23.6. The maximum absolute atomic E-state index is 9.59. The van der Waals surface area contributed by atoms with Crippen molar-refractivity contribution < 1.29 is 10.2 Å². The van der Waals surface area contributed by atoms with Gasteiger partial charge in [-0.2, -0.15) is 0 Å². The van der Waals surface area contributed by atoms with Crippen LogP contribution in [0.5, 0.6) is 11.5 Å². The Balaban J connectivity index is 1.85. The van der Waals surface area contributed by atoms with Gasteiger partial charge in [-0.1, -0.05) is 74.7 Å². The van der Waals surface area contributed by atoms with Gasteiger partial charge in [0.1, 0.15) is 11.5 Å². The lowest BCUT2D eigenvalue weighted by Gasteiger charge is -2.19. The second-order valence-electron chi connectivity index (χ2n) is 6.81. The summed E-state index contributed by atoms with van der Waals surface area (Å²) in [6.45, 7) is 2.22. The van der Waals surface area contributed by atoms with Gasteiger partial charge in [0.25, 0.3) is 0 Å². The van der Waals surface area contributed by atoms with E-state index in [-0.39, 0.29) is 5.75 Å². The first-order valence-electron chi connectivity index (χ1n) is 9.35. The number of aromatic hydroxyl groups is 2. The summed E-state index contributed by atoms with van der Waals surface area (Å²) in [5.74, 6) is 0.938. The Morgan fingerprint density at radius 3 is 1.54 bits per heavy atom. The first-order chi connectivity index (χ1) is 12.7. The Bertz CT molecular complexity index is 802. The highest BCUT2D eigenvalue weighted by molar-refractivity contribution is 5.64. The number of phenolic OH excluding ortho intramolecular Hbond substituents is 2. The topological polar surface area (TPSA) is 40.5 Å². The Morgan fingerprint density at radius 1 is 0.615 bits per heavy atom. The summed E-state index contributed by atoms with van der Waals surface area (Å²) >= 11 is 0. The van der Waals surface area contributed by atoms with Crippen molar-refractivity contribution in [1.29, 1.82) is 0 Å². The molecule has 0 bridgehead atoms. The third-order valence-electron chi connectivity index (χ3n) is 4.91. The zero-order valence-electron chi connectivity index (χ0n) is 15.2. The van der Waals surface area contributed by atoms with Gasteiger partial charge in [-0.3, -0.25) is 0 Å². The molecule has 2 N–H and O–H groups in total. The summed E-state index contributed by atoms with van der Waals surface area (Å²) in [5, 5.41) is 19.0. The van der Waals surface area contributed by atoms with Crippen molar-refractivity contribution in [3.63, 3.8) is 0 Å². The van der Waals surface area contributed by atoms with Crippen molar-refractivity contribution in [3.05, 3.63) is 83.9 Å². The minimum Gasteiger partial charge on any atom is -0.508 e. The molecule has 0 saturated heterocycles. The largest absolute Gasteiger partial charge is 0.508 e. The van der Waals surface area contributed by atoms with Crippen LogP contribution in [0.4, 0.5) is 0 Å². The molecule has 0 spiro atoms. The van der Waals surface area contributed by atoms with Gasteiger partial charge < -0.3 is 10.2 Å². The molecule has 1 unspecified atom stereocenters. The maximum Gasteiger partial charge on any atom is 0.115 e. The Morgan fingerprint density at radius 2 is 1.04 bits per heavy atom. The number of benzene rings is 3. The molecule has 0 aliphatic carbocycles. The zero-order chi connectivity index (χ0) is 18.4. The summed E-state index contributed by atoms with van der Waals surface area (Å²) < 4.78 is 0. The van der Waals surface area contributed by atoms with Gasteiger partial charge in [-0.05, 0) is 52.9 Å². The van der Waals surface area contributed by atoms with E-state index in [1.807, 2.05) is 24.3 Å². The Labute approximate surface area is 155 Å². The molecule has 1 atom stereocenters. The summed E-state index contributed by atoms with van der Waals surface area (Å²) in [5.41, 5.74) is 4.79. The van der Waals surface area contributed by atoms with Crippen LogP contribution in [0.15, 0.2) is 72.8 Å². The average molecular weight is 346 g/mol. The van der Waals surface area contributed by atoms with Gasteiger partial charge in [0, 0.05) is 5.92 Å². The van der Waals surface area contributed by atoms with Crippen molar-refractivity contribution in [3.8, 4) is 22.6 Å². The molecule has 3 aromatic rings. The fourth-order valence-electron chi connectivity index (χ4n) is 3.39. The highest BCUT2D eigenvalue weighted by Crippen LogP contribution is 2.32. The van der Waals surface area contributed by atoms with Gasteiger partial charge in [0.15, 0.2) is 0 Å². The van der Waals surface area contributed by atoms with Gasteiger partial charge in [-0.15, -0.1) is 0 Å². The molecule has 3 rings (SSSR count). The molecule has 2 heteroatoms. The van der Waals surface area contributed by atoms with Crippen LogP contribution in [-0.2, 0) is 0 Å². The summed E-state index contributed by atoms with van der Waals surface area (Å²) in [7, 11) is 0. The van der Waals surface area contributed by atoms with E-state index in [0.29, 0.717) is 11.7 Å². The van der Waals surface area contributed by atoms with Crippen molar-refractivity contribution in [2.75, 3.05) is 0 Å². The van der Waals surface area contributed by atoms with Gasteiger partial charge in [-0.25, -0.2) is 0 Å².